The lowest BCUT2D eigenvalue weighted by Crippen LogP contribution is -2.43. The Morgan fingerprint density at radius 3 is 2.48 bits per heavy atom. The number of carboxylic acids is 1. The molecule has 8 heteroatoms. The third kappa shape index (κ3) is 3.72. The van der Waals surface area contributed by atoms with Gasteiger partial charge in [-0.2, -0.15) is 0 Å². The number of carbonyl (C=O) groups excluding carboxylic acids is 3. The monoisotopic (exact) mass is 403 g/mol. The maximum atomic E-state index is 12.9. The Bertz CT molecular complexity index is 987. The summed E-state index contributed by atoms with van der Waals surface area (Å²) in [7, 11) is 0. The number of amides is 2. The molecule has 1 aliphatic rings. The van der Waals surface area contributed by atoms with Gasteiger partial charge in [0.05, 0.1) is 11.4 Å². The molecule has 0 bridgehead atoms. The van der Waals surface area contributed by atoms with Gasteiger partial charge in [0.1, 0.15) is 6.04 Å². The van der Waals surface area contributed by atoms with E-state index < -0.39 is 30.2 Å². The maximum absolute atomic E-state index is 12.9. The summed E-state index contributed by atoms with van der Waals surface area (Å²) in [6.45, 7) is 1.22. The Morgan fingerprint density at radius 2 is 1.85 bits per heavy atom. The number of hydrogen-bond donors (Lipinski definition) is 0. The van der Waals surface area contributed by atoms with E-state index in [4.69, 9.17) is 23.2 Å². The van der Waals surface area contributed by atoms with Gasteiger partial charge in [-0.15, -0.1) is 0 Å². The van der Waals surface area contributed by atoms with Crippen molar-refractivity contribution in [2.45, 2.75) is 19.4 Å². The zero-order valence-corrected chi connectivity index (χ0v) is 15.6. The van der Waals surface area contributed by atoms with E-state index in [0.29, 0.717) is 21.2 Å². The van der Waals surface area contributed by atoms with Gasteiger partial charge in [-0.25, -0.2) is 4.90 Å². The van der Waals surface area contributed by atoms with Gasteiger partial charge in [0.2, 0.25) is 5.91 Å². The number of aliphatic imine (C=N–C) groups is 1. The number of benzodiazepines with no additional fused rings is 1. The molecule has 2 aromatic rings. The Hall–Kier alpha value is -2.70. The van der Waals surface area contributed by atoms with Crippen LogP contribution < -0.4 is 10.0 Å². The van der Waals surface area contributed by atoms with E-state index in [0.717, 1.165) is 4.90 Å². The maximum Gasteiger partial charge on any atom is 0.258 e. The molecule has 1 atom stereocenters. The number of anilines is 1. The fourth-order valence-electron chi connectivity index (χ4n) is 2.92. The van der Waals surface area contributed by atoms with Crippen molar-refractivity contribution in [3.63, 3.8) is 0 Å². The normalized spacial score (nSPS) is 16.4. The van der Waals surface area contributed by atoms with Crippen molar-refractivity contribution in [1.29, 1.82) is 0 Å². The van der Waals surface area contributed by atoms with Gasteiger partial charge in [-0.05, 0) is 24.3 Å². The van der Waals surface area contributed by atoms with Crippen LogP contribution in [0.25, 0.3) is 0 Å². The average molecular weight is 404 g/mol. The standard InChI is InChI=1S/C19H14Cl2N2O4/c1-10(24)23-16-7-6-11(20)8-13(16)18(12-4-2-3-5-14(12)21)22-15(19(23)27)9-17(25)26/h2-8,15H,9H2,1H3,(H,25,26)/p-1. The third-order valence-electron chi connectivity index (χ3n) is 4.05. The van der Waals surface area contributed by atoms with Gasteiger partial charge in [0.25, 0.3) is 5.91 Å². The molecule has 0 spiro atoms. The van der Waals surface area contributed by atoms with Crippen LogP contribution in [0.5, 0.6) is 0 Å². The summed E-state index contributed by atoms with van der Waals surface area (Å²) in [5, 5.41) is 11.9. The van der Waals surface area contributed by atoms with Crippen LogP contribution in [0.4, 0.5) is 5.69 Å². The van der Waals surface area contributed by atoms with Gasteiger partial charge >= 0.3 is 0 Å². The van der Waals surface area contributed by atoms with Crippen molar-refractivity contribution in [2.24, 2.45) is 4.99 Å². The van der Waals surface area contributed by atoms with Gasteiger partial charge < -0.3 is 9.90 Å². The Labute approximate surface area is 165 Å². The van der Waals surface area contributed by atoms with Crippen molar-refractivity contribution < 1.29 is 19.5 Å². The van der Waals surface area contributed by atoms with Crippen LogP contribution in [0, 0.1) is 0 Å². The topological polar surface area (TPSA) is 89.9 Å². The predicted octanol–water partition coefficient (Wildman–Crippen LogP) is 2.23. The third-order valence-corrected chi connectivity index (χ3v) is 4.61. The van der Waals surface area contributed by atoms with Crippen LogP contribution >= 0.6 is 23.2 Å². The number of rotatable bonds is 3. The van der Waals surface area contributed by atoms with Crippen molar-refractivity contribution in [3.05, 3.63) is 63.6 Å². The molecule has 2 aromatic carbocycles. The minimum absolute atomic E-state index is 0.261. The van der Waals surface area contributed by atoms with Gasteiger partial charge in [-0.3, -0.25) is 14.6 Å². The van der Waals surface area contributed by atoms with Gasteiger partial charge in [-0.1, -0.05) is 41.4 Å². The molecule has 0 radical (unpaired) electrons. The summed E-state index contributed by atoms with van der Waals surface area (Å²) in [5.74, 6) is -2.78. The first-order valence-corrected chi connectivity index (χ1v) is 8.72. The van der Waals surface area contributed by atoms with Crippen molar-refractivity contribution in [2.75, 3.05) is 4.90 Å². The molecule has 1 unspecified atom stereocenters. The van der Waals surface area contributed by atoms with E-state index in [1.807, 2.05) is 0 Å². The molecule has 0 saturated carbocycles. The Morgan fingerprint density at radius 1 is 1.15 bits per heavy atom. The van der Waals surface area contributed by atoms with E-state index >= 15 is 0 Å². The summed E-state index contributed by atoms with van der Waals surface area (Å²) in [5.41, 5.74) is 1.43. The second kappa shape index (κ2) is 7.50. The van der Waals surface area contributed by atoms with Crippen LogP contribution in [0.3, 0.4) is 0 Å². The molecular formula is C19H13Cl2N2O4-. The van der Waals surface area contributed by atoms with E-state index in [1.54, 1.807) is 30.3 Å². The van der Waals surface area contributed by atoms with Crippen LogP contribution in [0.1, 0.15) is 24.5 Å². The van der Waals surface area contributed by atoms with Gasteiger partial charge in [0.15, 0.2) is 0 Å². The second-order valence-corrected chi connectivity index (χ2v) is 6.75. The number of nitrogens with zero attached hydrogens (tertiary/aromatic N) is 2. The van der Waals surface area contributed by atoms with E-state index in [-0.39, 0.29) is 11.4 Å². The molecule has 3 rings (SSSR count). The summed E-state index contributed by atoms with van der Waals surface area (Å²) < 4.78 is 0. The molecule has 0 N–H and O–H groups in total. The molecule has 27 heavy (non-hydrogen) atoms. The number of hydrogen-bond acceptors (Lipinski definition) is 5. The number of benzene rings is 2. The highest BCUT2D eigenvalue weighted by molar-refractivity contribution is 6.37. The van der Waals surface area contributed by atoms with Crippen LogP contribution in [0.2, 0.25) is 10.0 Å². The second-order valence-electron chi connectivity index (χ2n) is 5.90. The number of carboxylic acid groups (broad SMARTS) is 1. The van der Waals surface area contributed by atoms with Crippen molar-refractivity contribution >= 4 is 52.4 Å². The van der Waals surface area contributed by atoms with E-state index in [2.05, 4.69) is 4.99 Å². The smallest absolute Gasteiger partial charge is 0.258 e. The molecule has 1 heterocycles. The lowest BCUT2D eigenvalue weighted by Gasteiger charge is -2.22. The van der Waals surface area contributed by atoms with Crippen LogP contribution in [-0.4, -0.2) is 29.5 Å². The summed E-state index contributed by atoms with van der Waals surface area (Å²) in [6, 6.07) is 10.1. The molecule has 0 aliphatic carbocycles. The molecule has 0 fully saturated rings. The first kappa shape index (κ1) is 19.1. The van der Waals surface area contributed by atoms with Crippen LogP contribution in [-0.2, 0) is 14.4 Å². The van der Waals surface area contributed by atoms with Gasteiger partial charge in [0, 0.05) is 40.5 Å². The number of aliphatic carboxylic acids is 1. The first-order chi connectivity index (χ1) is 12.8. The molecular weight excluding hydrogens is 391 g/mol. The zero-order valence-electron chi connectivity index (χ0n) is 14.1. The molecule has 0 aromatic heterocycles. The molecule has 1 aliphatic heterocycles. The molecule has 6 nitrogen and oxygen atoms in total. The Kier molecular flexibility index (Phi) is 5.30. The van der Waals surface area contributed by atoms with Crippen molar-refractivity contribution in [1.82, 2.24) is 0 Å². The van der Waals surface area contributed by atoms with Crippen molar-refractivity contribution in [3.8, 4) is 0 Å². The largest absolute Gasteiger partial charge is 0.550 e. The predicted molar refractivity (Wildman–Crippen MR) is 100 cm³/mol. The average Bonchev–Trinajstić information content (AvgIpc) is 2.70. The Balaban J connectivity index is 2.33. The van der Waals surface area contributed by atoms with E-state index in [9.17, 15) is 19.5 Å². The number of halogens is 2. The SMILES string of the molecule is CC(=O)N1C(=O)C(CC(=O)[O-])N=C(c2ccccc2Cl)c2cc(Cl)ccc21. The minimum Gasteiger partial charge on any atom is -0.550 e. The minimum atomic E-state index is -1.46. The quantitative estimate of drug-likeness (QED) is 0.785. The first-order valence-electron chi connectivity index (χ1n) is 7.96. The molecule has 0 saturated heterocycles. The molecule has 2 amide bonds. The lowest BCUT2D eigenvalue weighted by atomic mass is 10.00. The highest BCUT2D eigenvalue weighted by Gasteiger charge is 2.34. The summed E-state index contributed by atoms with van der Waals surface area (Å²) in [4.78, 5) is 41.5. The number of carbonyl (C=O) groups is 3. The fourth-order valence-corrected chi connectivity index (χ4v) is 3.32. The summed E-state index contributed by atoms with van der Waals surface area (Å²) >= 11 is 12.4. The number of imide groups is 1. The van der Waals surface area contributed by atoms with Crippen LogP contribution in [0.15, 0.2) is 47.5 Å². The van der Waals surface area contributed by atoms with E-state index in [1.165, 1.54) is 19.1 Å². The fraction of sp³-hybridized carbons (Fsp3) is 0.158. The lowest BCUT2D eigenvalue weighted by molar-refractivity contribution is -0.305. The highest BCUT2D eigenvalue weighted by Crippen LogP contribution is 2.33. The number of fused-ring (bicyclic) bond motifs is 1. The zero-order chi connectivity index (χ0) is 19.7. The molecule has 138 valence electrons. The summed E-state index contributed by atoms with van der Waals surface area (Å²) in [6.07, 6.45) is -0.668. The highest BCUT2D eigenvalue weighted by atomic mass is 35.5.